The van der Waals surface area contributed by atoms with Crippen LogP contribution >= 0.6 is 0 Å². The van der Waals surface area contributed by atoms with Gasteiger partial charge in [-0.2, -0.15) is 0 Å². The van der Waals surface area contributed by atoms with Crippen LogP contribution in [0.3, 0.4) is 0 Å². The van der Waals surface area contributed by atoms with E-state index in [1.807, 2.05) is 72.9 Å². The monoisotopic (exact) mass is 414 g/mol. The Bertz CT molecular complexity index is 926. The molecule has 0 radical (unpaired) electrons. The fourth-order valence-electron chi connectivity index (χ4n) is 3.05. The zero-order valence-corrected chi connectivity index (χ0v) is 19.9. The maximum atomic E-state index is 11.9. The number of aryl methyl sites for hydroxylation is 1. The third-order valence-corrected chi connectivity index (χ3v) is 4.04. The van der Waals surface area contributed by atoms with Crippen molar-refractivity contribution >= 4 is 28.0 Å². The van der Waals surface area contributed by atoms with E-state index in [4.69, 9.17) is 9.72 Å². The van der Waals surface area contributed by atoms with Crippen molar-refractivity contribution in [2.24, 2.45) is 0 Å². The lowest BCUT2D eigenvalue weighted by atomic mass is 10.2. The van der Waals surface area contributed by atoms with E-state index >= 15 is 0 Å². The molecule has 0 aliphatic heterocycles. The molecule has 0 fully saturated rings. The van der Waals surface area contributed by atoms with Crippen LogP contribution in [-0.2, 0) is 17.7 Å². The van der Waals surface area contributed by atoms with Gasteiger partial charge in [0.05, 0.1) is 17.2 Å². The molecule has 2 heterocycles. The summed E-state index contributed by atoms with van der Waals surface area (Å²) >= 11 is 0. The summed E-state index contributed by atoms with van der Waals surface area (Å²) in [6, 6.07) is 8.07. The number of fused-ring (bicyclic) bond motifs is 3. The molecule has 2 aromatic heterocycles. The summed E-state index contributed by atoms with van der Waals surface area (Å²) in [4.78, 5) is 21.2. The van der Waals surface area contributed by atoms with E-state index in [0.717, 1.165) is 40.6 Å². The Morgan fingerprint density at radius 1 is 1.10 bits per heavy atom. The second-order valence-electron chi connectivity index (χ2n) is 7.37. The Morgan fingerprint density at radius 2 is 1.77 bits per heavy atom. The highest BCUT2D eigenvalue weighted by Gasteiger charge is 2.17. The summed E-state index contributed by atoms with van der Waals surface area (Å²) in [5, 5.41) is 3.91. The van der Waals surface area contributed by atoms with Gasteiger partial charge < -0.3 is 14.6 Å². The van der Waals surface area contributed by atoms with Crippen LogP contribution in [0.5, 0.6) is 0 Å². The molecule has 3 aromatic rings. The number of nitrogens with one attached hydrogen (secondary N) is 1. The van der Waals surface area contributed by atoms with Gasteiger partial charge in [0.2, 0.25) is 0 Å². The SMILES string of the molecule is CC.CC.CCCc1nc2cnc3ccccc3c2n1CCNC(=O)OC(C)(C)C. The maximum absolute atomic E-state index is 11.9. The van der Waals surface area contributed by atoms with Crippen molar-refractivity contribution in [1.29, 1.82) is 0 Å². The molecular weight excluding hydrogens is 376 g/mol. The van der Waals surface area contributed by atoms with Gasteiger partial charge in [-0.1, -0.05) is 52.8 Å². The van der Waals surface area contributed by atoms with Crippen LogP contribution in [0.1, 0.15) is 67.6 Å². The van der Waals surface area contributed by atoms with Crippen molar-refractivity contribution < 1.29 is 9.53 Å². The van der Waals surface area contributed by atoms with Gasteiger partial charge in [0, 0.05) is 24.9 Å². The number of carbonyl (C=O) groups is 1. The molecule has 6 heteroatoms. The van der Waals surface area contributed by atoms with Crippen LogP contribution < -0.4 is 5.32 Å². The molecule has 0 saturated carbocycles. The predicted molar refractivity (Wildman–Crippen MR) is 126 cm³/mol. The van der Waals surface area contributed by atoms with E-state index in [0.29, 0.717) is 13.1 Å². The van der Waals surface area contributed by atoms with E-state index < -0.39 is 11.7 Å². The zero-order valence-electron chi connectivity index (χ0n) is 19.9. The highest BCUT2D eigenvalue weighted by Crippen LogP contribution is 2.25. The lowest BCUT2D eigenvalue weighted by molar-refractivity contribution is 0.0526. The molecule has 0 atom stereocenters. The summed E-state index contributed by atoms with van der Waals surface area (Å²) < 4.78 is 7.50. The first kappa shape index (κ1) is 25.4. The molecular formula is C24H38N4O2. The lowest BCUT2D eigenvalue weighted by Gasteiger charge is -2.20. The minimum absolute atomic E-state index is 0.398. The summed E-state index contributed by atoms with van der Waals surface area (Å²) in [7, 11) is 0. The fraction of sp³-hybridized carbons (Fsp3) is 0.542. The van der Waals surface area contributed by atoms with Crippen LogP contribution in [0.15, 0.2) is 30.5 Å². The average molecular weight is 415 g/mol. The molecule has 3 rings (SSSR count). The number of alkyl carbamates (subject to hydrolysis) is 1. The van der Waals surface area contributed by atoms with Gasteiger partial charge in [0.15, 0.2) is 0 Å². The molecule has 1 aromatic carbocycles. The Balaban J connectivity index is 0.00000106. The Labute approximate surface area is 181 Å². The summed E-state index contributed by atoms with van der Waals surface area (Å²) in [5.41, 5.74) is 2.42. The maximum Gasteiger partial charge on any atom is 0.407 e. The molecule has 166 valence electrons. The molecule has 0 aliphatic carbocycles. The third kappa shape index (κ3) is 6.71. The fourth-order valence-corrected chi connectivity index (χ4v) is 3.05. The lowest BCUT2D eigenvalue weighted by Crippen LogP contribution is -2.34. The minimum Gasteiger partial charge on any atom is -0.444 e. The van der Waals surface area contributed by atoms with Crippen LogP contribution in [0.2, 0.25) is 0 Å². The topological polar surface area (TPSA) is 69.0 Å². The number of hydrogen-bond acceptors (Lipinski definition) is 4. The molecule has 0 saturated heterocycles. The van der Waals surface area contributed by atoms with Gasteiger partial charge in [-0.25, -0.2) is 9.78 Å². The predicted octanol–water partition coefficient (Wildman–Crippen LogP) is 6.11. The van der Waals surface area contributed by atoms with Gasteiger partial charge in [-0.05, 0) is 33.3 Å². The number of pyridine rings is 1. The number of ether oxygens (including phenoxy) is 1. The number of benzene rings is 1. The molecule has 0 bridgehead atoms. The van der Waals surface area contributed by atoms with Gasteiger partial charge >= 0.3 is 6.09 Å². The van der Waals surface area contributed by atoms with Crippen molar-refractivity contribution in [3.8, 4) is 0 Å². The van der Waals surface area contributed by atoms with Gasteiger partial charge in [-0.15, -0.1) is 0 Å². The molecule has 1 N–H and O–H groups in total. The molecule has 0 unspecified atom stereocenters. The summed E-state index contributed by atoms with van der Waals surface area (Å²) in [6.07, 6.45) is 3.32. The average Bonchev–Trinajstić information content (AvgIpc) is 3.08. The van der Waals surface area contributed by atoms with Gasteiger partial charge in [0.1, 0.15) is 16.9 Å². The first-order valence-electron chi connectivity index (χ1n) is 11.1. The molecule has 0 aliphatic rings. The molecule has 6 nitrogen and oxygen atoms in total. The summed E-state index contributed by atoms with van der Waals surface area (Å²) in [5.74, 6) is 1.02. The quantitative estimate of drug-likeness (QED) is 0.546. The Hall–Kier alpha value is -2.63. The van der Waals surface area contributed by atoms with Crippen molar-refractivity contribution in [3.63, 3.8) is 0 Å². The Morgan fingerprint density at radius 3 is 2.40 bits per heavy atom. The van der Waals surface area contributed by atoms with Crippen molar-refractivity contribution in [2.45, 2.75) is 80.4 Å². The first-order chi connectivity index (χ1) is 14.4. The number of nitrogens with zero attached hydrogens (tertiary/aromatic N) is 3. The van der Waals surface area contributed by atoms with Crippen molar-refractivity contribution in [2.75, 3.05) is 6.54 Å². The van der Waals surface area contributed by atoms with E-state index in [-0.39, 0.29) is 0 Å². The van der Waals surface area contributed by atoms with E-state index in [1.165, 1.54) is 0 Å². The Kier molecular flexibility index (Phi) is 10.3. The number of aromatic nitrogens is 3. The molecule has 0 spiro atoms. The number of amides is 1. The van der Waals surface area contributed by atoms with E-state index in [9.17, 15) is 4.79 Å². The number of hydrogen-bond donors (Lipinski definition) is 1. The second-order valence-corrected chi connectivity index (χ2v) is 7.37. The largest absolute Gasteiger partial charge is 0.444 e. The van der Waals surface area contributed by atoms with Gasteiger partial charge in [0.25, 0.3) is 0 Å². The highest BCUT2D eigenvalue weighted by molar-refractivity contribution is 6.02. The van der Waals surface area contributed by atoms with E-state index in [2.05, 4.69) is 27.9 Å². The van der Waals surface area contributed by atoms with Gasteiger partial charge in [-0.3, -0.25) is 4.98 Å². The van der Waals surface area contributed by atoms with Crippen LogP contribution in [-0.4, -0.2) is 32.8 Å². The molecule has 30 heavy (non-hydrogen) atoms. The smallest absolute Gasteiger partial charge is 0.407 e. The van der Waals surface area contributed by atoms with Crippen molar-refractivity contribution in [3.05, 3.63) is 36.3 Å². The highest BCUT2D eigenvalue weighted by atomic mass is 16.6. The van der Waals surface area contributed by atoms with Crippen LogP contribution in [0.25, 0.3) is 21.9 Å². The number of rotatable bonds is 5. The third-order valence-electron chi connectivity index (χ3n) is 4.04. The first-order valence-corrected chi connectivity index (χ1v) is 11.1. The number of carbonyl (C=O) groups excluding carboxylic acids is 1. The van der Waals surface area contributed by atoms with Crippen LogP contribution in [0, 0.1) is 0 Å². The van der Waals surface area contributed by atoms with Crippen molar-refractivity contribution in [1.82, 2.24) is 19.9 Å². The number of imidazole rings is 1. The normalized spacial score (nSPS) is 10.7. The minimum atomic E-state index is -0.499. The standard InChI is InChI=1S/C20H26N4O2.2C2H6/c1-5-8-17-23-16-13-22-15-10-7-6-9-14(15)18(16)24(17)12-11-21-19(25)26-20(2,3)4;2*1-2/h6-7,9-10,13H,5,8,11-12H2,1-4H3,(H,21,25);2*1-2H3. The van der Waals surface area contributed by atoms with E-state index in [1.54, 1.807) is 0 Å². The molecule has 1 amide bonds. The number of para-hydroxylation sites is 1. The second kappa shape index (κ2) is 12.2. The van der Waals surface area contributed by atoms with Crippen LogP contribution in [0.4, 0.5) is 4.79 Å². The summed E-state index contributed by atoms with van der Waals surface area (Å²) in [6.45, 7) is 16.8. The zero-order chi connectivity index (χ0) is 22.7.